The summed E-state index contributed by atoms with van der Waals surface area (Å²) in [4.78, 5) is 37.6. The van der Waals surface area contributed by atoms with Crippen LogP contribution < -0.4 is 5.23 Å². The standard InChI is InChI=1S/C32H33N5O4/c38-29-20-35(23-13-15-34(16-14-23)19-21-7-2-1-3-8-21)32(39)28-18-26-25-11-4-5-12-27(25)33-30(26)31(36(28)29)22-9-6-10-24(17-22)37(40)41/h1-12,17,23,28,31,33,37,40H,13-16,18-20H2. The van der Waals surface area contributed by atoms with Crippen LogP contribution in [0.15, 0.2) is 78.9 Å². The van der Waals surface area contributed by atoms with Crippen molar-refractivity contribution >= 4 is 28.4 Å². The van der Waals surface area contributed by atoms with Crippen LogP contribution in [0.25, 0.3) is 10.9 Å². The fraction of sp³-hybridized carbons (Fsp3) is 0.312. The minimum atomic E-state index is -1.03. The molecule has 4 heterocycles. The van der Waals surface area contributed by atoms with Gasteiger partial charge in [0.2, 0.25) is 11.8 Å². The topological polar surface area (TPSA) is 107 Å². The molecule has 3 N–H and O–H groups in total. The number of piperazine rings is 1. The van der Waals surface area contributed by atoms with E-state index in [1.165, 1.54) is 5.56 Å². The first kappa shape index (κ1) is 25.9. The highest BCUT2D eigenvalue weighted by molar-refractivity contribution is 5.98. The van der Waals surface area contributed by atoms with Crippen molar-refractivity contribution in [2.24, 2.45) is 0 Å². The van der Waals surface area contributed by atoms with Gasteiger partial charge in [0.15, 0.2) is 5.69 Å². The van der Waals surface area contributed by atoms with E-state index in [9.17, 15) is 20.0 Å². The number of nitrogens with one attached hydrogen (secondary N) is 2. The average molecular weight is 552 g/mol. The minimum absolute atomic E-state index is 0.0126. The van der Waals surface area contributed by atoms with Crippen LogP contribution in [0.5, 0.6) is 0 Å². The predicted octanol–water partition coefficient (Wildman–Crippen LogP) is 2.92. The molecule has 4 aromatic rings. The van der Waals surface area contributed by atoms with Gasteiger partial charge in [0.05, 0.1) is 6.04 Å². The van der Waals surface area contributed by atoms with Gasteiger partial charge in [-0.1, -0.05) is 60.7 Å². The van der Waals surface area contributed by atoms with Crippen LogP contribution in [-0.2, 0) is 22.6 Å². The summed E-state index contributed by atoms with van der Waals surface area (Å²) < 4.78 is 0. The summed E-state index contributed by atoms with van der Waals surface area (Å²) in [6.07, 6.45) is 2.10. The molecule has 0 spiro atoms. The van der Waals surface area contributed by atoms with Gasteiger partial charge in [-0.15, -0.1) is 0 Å². The summed E-state index contributed by atoms with van der Waals surface area (Å²) in [6.45, 7) is 2.69. The summed E-state index contributed by atoms with van der Waals surface area (Å²) in [6, 6.07) is 23.9. The predicted molar refractivity (Wildman–Crippen MR) is 153 cm³/mol. The van der Waals surface area contributed by atoms with E-state index in [2.05, 4.69) is 34.1 Å². The molecule has 0 saturated carbocycles. The third-order valence-electron chi connectivity index (χ3n) is 8.99. The zero-order chi connectivity index (χ0) is 28.1. The minimum Gasteiger partial charge on any atom is -0.595 e. The lowest BCUT2D eigenvalue weighted by atomic mass is 9.85. The molecular formula is C32H33N5O4. The number of aromatic amines is 1. The molecule has 2 amide bonds. The maximum atomic E-state index is 14.2. The SMILES string of the molecule is O=C1C2Cc3c([nH]c4ccccc34)C(c3cccc([NH+]([O-])O)c3)N2C(=O)CN1C1CCN(Cc2ccccc2)CC1. The van der Waals surface area contributed by atoms with Gasteiger partial charge in [0.1, 0.15) is 12.6 Å². The number of carbonyl (C=O) groups excluding carboxylic acids is 2. The van der Waals surface area contributed by atoms with E-state index in [4.69, 9.17) is 0 Å². The van der Waals surface area contributed by atoms with E-state index in [0.29, 0.717) is 12.0 Å². The Morgan fingerprint density at radius 1 is 0.951 bits per heavy atom. The number of benzene rings is 3. The fourth-order valence-electron chi connectivity index (χ4n) is 7.01. The molecule has 3 unspecified atom stereocenters. The largest absolute Gasteiger partial charge is 0.595 e. The number of H-pyrrole nitrogens is 1. The van der Waals surface area contributed by atoms with Crippen molar-refractivity contribution in [3.05, 3.63) is 106 Å². The van der Waals surface area contributed by atoms with Crippen LogP contribution in [-0.4, -0.2) is 68.4 Å². The number of fused-ring (bicyclic) bond motifs is 4. The molecule has 3 aromatic carbocycles. The molecule has 3 aliphatic heterocycles. The highest BCUT2D eigenvalue weighted by Crippen LogP contribution is 2.43. The molecule has 0 radical (unpaired) electrons. The quantitative estimate of drug-likeness (QED) is 0.331. The summed E-state index contributed by atoms with van der Waals surface area (Å²) in [5.41, 5.74) is 4.94. The summed E-state index contributed by atoms with van der Waals surface area (Å²) >= 11 is 0. The summed E-state index contributed by atoms with van der Waals surface area (Å²) in [5, 5.41) is 21.5. The number of carbonyl (C=O) groups is 2. The Hall–Kier alpha value is -4.02. The second-order valence-electron chi connectivity index (χ2n) is 11.4. The Kier molecular flexibility index (Phi) is 6.59. The second-order valence-corrected chi connectivity index (χ2v) is 11.4. The molecule has 9 nitrogen and oxygen atoms in total. The number of likely N-dealkylation sites (tertiary alicyclic amines) is 1. The van der Waals surface area contributed by atoms with Gasteiger partial charge < -0.3 is 20.0 Å². The molecule has 210 valence electrons. The Balaban J connectivity index is 1.19. The molecule has 41 heavy (non-hydrogen) atoms. The molecular weight excluding hydrogens is 518 g/mol. The number of nitrogens with zero attached hydrogens (tertiary/aromatic N) is 3. The fourth-order valence-corrected chi connectivity index (χ4v) is 7.01. The number of hydrogen-bond donors (Lipinski definition) is 3. The van der Waals surface area contributed by atoms with Crippen molar-refractivity contribution in [2.45, 2.75) is 43.9 Å². The maximum absolute atomic E-state index is 14.2. The van der Waals surface area contributed by atoms with E-state index >= 15 is 0 Å². The van der Waals surface area contributed by atoms with Gasteiger partial charge in [-0.2, -0.15) is 5.23 Å². The van der Waals surface area contributed by atoms with E-state index in [0.717, 1.165) is 54.6 Å². The van der Waals surface area contributed by atoms with Gasteiger partial charge in [-0.25, -0.2) is 5.21 Å². The highest BCUT2D eigenvalue weighted by Gasteiger charge is 2.49. The van der Waals surface area contributed by atoms with Gasteiger partial charge in [0.25, 0.3) is 0 Å². The molecule has 3 aliphatic rings. The lowest BCUT2D eigenvalue weighted by molar-refractivity contribution is -0.991. The Morgan fingerprint density at radius 2 is 1.71 bits per heavy atom. The lowest BCUT2D eigenvalue weighted by Crippen LogP contribution is -2.99. The van der Waals surface area contributed by atoms with E-state index in [-0.39, 0.29) is 30.1 Å². The Labute approximate surface area is 238 Å². The van der Waals surface area contributed by atoms with Crippen molar-refractivity contribution in [1.29, 1.82) is 0 Å². The molecule has 3 atom stereocenters. The number of piperidine rings is 1. The molecule has 1 aromatic heterocycles. The Bertz CT molecular complexity index is 1590. The monoisotopic (exact) mass is 551 g/mol. The van der Waals surface area contributed by atoms with Gasteiger partial charge in [0, 0.05) is 60.8 Å². The van der Waals surface area contributed by atoms with Gasteiger partial charge in [-0.05, 0) is 35.6 Å². The molecule has 0 aliphatic carbocycles. The van der Waals surface area contributed by atoms with Crippen molar-refractivity contribution in [2.75, 3.05) is 19.6 Å². The normalized spacial score (nSPS) is 22.6. The van der Waals surface area contributed by atoms with Crippen LogP contribution in [0.3, 0.4) is 0 Å². The summed E-state index contributed by atoms with van der Waals surface area (Å²) in [5.74, 6) is -0.113. The molecule has 9 heteroatoms. The molecule has 2 saturated heterocycles. The second kappa shape index (κ2) is 10.4. The smallest absolute Gasteiger partial charge is 0.246 e. The van der Waals surface area contributed by atoms with Crippen molar-refractivity contribution < 1.29 is 20.0 Å². The van der Waals surface area contributed by atoms with E-state index < -0.39 is 17.3 Å². The number of hydrogen-bond acceptors (Lipinski definition) is 5. The third-order valence-corrected chi connectivity index (χ3v) is 8.99. The summed E-state index contributed by atoms with van der Waals surface area (Å²) in [7, 11) is 0. The first-order chi connectivity index (χ1) is 20.0. The number of aromatic nitrogens is 1. The van der Waals surface area contributed by atoms with Crippen LogP contribution in [0.2, 0.25) is 0 Å². The number of amides is 2. The average Bonchev–Trinajstić information content (AvgIpc) is 3.37. The first-order valence-corrected chi connectivity index (χ1v) is 14.3. The first-order valence-electron chi connectivity index (χ1n) is 14.3. The third kappa shape index (κ3) is 4.61. The highest BCUT2D eigenvalue weighted by atomic mass is 16.8. The van der Waals surface area contributed by atoms with Crippen molar-refractivity contribution in [3.63, 3.8) is 0 Å². The van der Waals surface area contributed by atoms with Gasteiger partial charge >= 0.3 is 0 Å². The zero-order valence-corrected chi connectivity index (χ0v) is 22.7. The van der Waals surface area contributed by atoms with Crippen LogP contribution >= 0.6 is 0 Å². The molecule has 0 bridgehead atoms. The van der Waals surface area contributed by atoms with Crippen LogP contribution in [0.4, 0.5) is 5.69 Å². The lowest BCUT2D eigenvalue weighted by Gasteiger charge is -2.49. The maximum Gasteiger partial charge on any atom is 0.246 e. The van der Waals surface area contributed by atoms with E-state index in [1.807, 2.05) is 41.3 Å². The van der Waals surface area contributed by atoms with Crippen LogP contribution in [0, 0.1) is 5.21 Å². The van der Waals surface area contributed by atoms with Crippen molar-refractivity contribution in [3.8, 4) is 0 Å². The molecule has 7 rings (SSSR count). The molecule has 2 fully saturated rings. The number of quaternary nitrogens is 1. The number of rotatable bonds is 5. The van der Waals surface area contributed by atoms with Crippen molar-refractivity contribution in [1.82, 2.24) is 19.7 Å². The Morgan fingerprint density at radius 3 is 2.49 bits per heavy atom. The number of para-hydroxylation sites is 1. The zero-order valence-electron chi connectivity index (χ0n) is 22.7. The van der Waals surface area contributed by atoms with Crippen LogP contribution in [0.1, 0.15) is 41.3 Å². The van der Waals surface area contributed by atoms with Gasteiger partial charge in [-0.3, -0.25) is 14.5 Å². The van der Waals surface area contributed by atoms with E-state index in [1.54, 1.807) is 23.1 Å².